The van der Waals surface area contributed by atoms with Gasteiger partial charge in [0.2, 0.25) is 0 Å². The molecule has 0 N–H and O–H groups in total. The van der Waals surface area contributed by atoms with Gasteiger partial charge >= 0.3 is 0 Å². The van der Waals surface area contributed by atoms with E-state index in [1.807, 2.05) is 80.4 Å². The average Bonchev–Trinajstić information content (AvgIpc) is 3.07. The van der Waals surface area contributed by atoms with E-state index in [9.17, 15) is 0 Å². The number of fused-ring (bicyclic) bond motifs is 1. The number of aryl methyl sites for hydroxylation is 3. The molecule has 46 heavy (non-hydrogen) atoms. The van der Waals surface area contributed by atoms with E-state index in [0.29, 0.717) is 0 Å². The van der Waals surface area contributed by atoms with Gasteiger partial charge in [-0.1, -0.05) is 34.9 Å². The number of nitrogens with zero attached hydrogens (tertiary/aromatic N) is 4. The van der Waals surface area contributed by atoms with Crippen LogP contribution in [0.4, 0.5) is 0 Å². The Morgan fingerprint density at radius 2 is 1.20 bits per heavy atom. The molecule has 229 valence electrons. The molecule has 3 aromatic carbocycles. The third kappa shape index (κ3) is 7.02. The van der Waals surface area contributed by atoms with Crippen molar-refractivity contribution in [2.75, 3.05) is 0 Å². The van der Waals surface area contributed by atoms with Gasteiger partial charge in [-0.2, -0.15) is 0 Å². The SMILES string of the molecule is Cc1ccnc(-c2[c-]ccc(-c3c(C)c(C)c(-c4ccc(C)nc4)c4ccncc34)c2)c1.Cc1ccnc(-c2[c-]cccc2)c1.[Ir]. The van der Waals surface area contributed by atoms with E-state index in [4.69, 9.17) is 0 Å². The van der Waals surface area contributed by atoms with Crippen molar-refractivity contribution in [2.45, 2.75) is 34.6 Å². The molecule has 0 atom stereocenters. The normalized spacial score (nSPS) is 10.5. The van der Waals surface area contributed by atoms with Crippen LogP contribution >= 0.6 is 0 Å². The Morgan fingerprint density at radius 3 is 1.83 bits per heavy atom. The Balaban J connectivity index is 0.000000250. The molecule has 0 unspecified atom stereocenters. The van der Waals surface area contributed by atoms with Crippen LogP contribution in [0.5, 0.6) is 0 Å². The van der Waals surface area contributed by atoms with Gasteiger partial charge in [-0.3, -0.25) is 9.97 Å². The summed E-state index contributed by atoms with van der Waals surface area (Å²) in [4.78, 5) is 17.9. The van der Waals surface area contributed by atoms with E-state index >= 15 is 0 Å². The Labute approximate surface area is 285 Å². The molecular weight excluding hydrogens is 741 g/mol. The van der Waals surface area contributed by atoms with Gasteiger partial charge in [0.1, 0.15) is 0 Å². The number of hydrogen-bond acceptors (Lipinski definition) is 4. The van der Waals surface area contributed by atoms with Crippen LogP contribution in [0.25, 0.3) is 55.5 Å². The van der Waals surface area contributed by atoms with Crippen LogP contribution in [-0.4, -0.2) is 19.9 Å². The minimum atomic E-state index is 0. The summed E-state index contributed by atoms with van der Waals surface area (Å²) < 4.78 is 0. The number of rotatable bonds is 4. The first kappa shape index (κ1) is 32.6. The maximum absolute atomic E-state index is 4.56. The van der Waals surface area contributed by atoms with Crippen LogP contribution in [0.15, 0.2) is 116 Å². The molecule has 0 saturated carbocycles. The Kier molecular flexibility index (Phi) is 10.3. The second-order valence-electron chi connectivity index (χ2n) is 11.3. The molecule has 7 aromatic rings. The van der Waals surface area contributed by atoms with E-state index < -0.39 is 0 Å². The van der Waals surface area contributed by atoms with Crippen molar-refractivity contribution in [3.63, 3.8) is 0 Å². The monoisotopic (exact) mass is 775 g/mol. The molecule has 1 radical (unpaired) electrons. The van der Waals surface area contributed by atoms with E-state index in [2.05, 4.69) is 102 Å². The maximum Gasteiger partial charge on any atom is 0.0373 e. The summed E-state index contributed by atoms with van der Waals surface area (Å²) in [5.41, 5.74) is 14.6. The zero-order valence-corrected chi connectivity index (χ0v) is 29.0. The average molecular weight is 775 g/mol. The zero-order chi connectivity index (χ0) is 31.3. The van der Waals surface area contributed by atoms with Gasteiger partial charge in [0, 0.05) is 67.7 Å². The van der Waals surface area contributed by atoms with E-state index in [1.54, 1.807) is 0 Å². The Morgan fingerprint density at radius 1 is 0.522 bits per heavy atom. The molecule has 0 aliphatic heterocycles. The quantitative estimate of drug-likeness (QED) is 0.167. The van der Waals surface area contributed by atoms with Crippen LogP contribution in [0.3, 0.4) is 0 Å². The van der Waals surface area contributed by atoms with Crippen molar-refractivity contribution in [3.8, 4) is 44.8 Å². The molecule has 0 aliphatic rings. The Bertz CT molecular complexity index is 2110. The molecule has 0 aliphatic carbocycles. The molecule has 7 rings (SSSR count). The predicted octanol–water partition coefficient (Wildman–Crippen LogP) is 9.91. The standard InChI is InChI=1S/C29H24N3.C12H10N.Ir/c1-18-10-13-31-27(14-18)22-6-5-7-23(15-22)28-20(3)21(4)29(24-9-8-19(2)32-16-24)25-11-12-30-17-26(25)28;1-10-7-8-13-12(9-10)11-5-3-2-4-6-11;/h5,7-17H,1-4H3;2-5,7-9H,1H3;/q2*-1;. The number of benzene rings is 3. The van der Waals surface area contributed by atoms with Crippen molar-refractivity contribution in [1.82, 2.24) is 19.9 Å². The van der Waals surface area contributed by atoms with Crippen molar-refractivity contribution >= 4 is 10.8 Å². The summed E-state index contributed by atoms with van der Waals surface area (Å²) in [6, 6.07) is 35.2. The predicted molar refractivity (Wildman–Crippen MR) is 185 cm³/mol. The van der Waals surface area contributed by atoms with Crippen LogP contribution in [-0.2, 0) is 20.1 Å². The van der Waals surface area contributed by atoms with Gasteiger partial charge in [0.25, 0.3) is 0 Å². The van der Waals surface area contributed by atoms with Gasteiger partial charge in [-0.15, -0.1) is 65.7 Å². The molecular formula is C41H34IrN4-2. The summed E-state index contributed by atoms with van der Waals surface area (Å²) >= 11 is 0. The summed E-state index contributed by atoms with van der Waals surface area (Å²) in [6.45, 7) is 10.6. The van der Waals surface area contributed by atoms with E-state index in [1.165, 1.54) is 38.8 Å². The first-order chi connectivity index (χ1) is 21.9. The van der Waals surface area contributed by atoms with Crippen molar-refractivity contribution in [2.24, 2.45) is 0 Å². The van der Waals surface area contributed by atoms with Gasteiger partial charge in [-0.25, -0.2) is 0 Å². The topological polar surface area (TPSA) is 51.6 Å². The molecule has 0 spiro atoms. The molecule has 4 nitrogen and oxygen atoms in total. The van der Waals surface area contributed by atoms with Gasteiger partial charge in [-0.05, 0) is 97.9 Å². The maximum atomic E-state index is 4.56. The largest absolute Gasteiger partial charge is 0.305 e. The minimum absolute atomic E-state index is 0. The van der Waals surface area contributed by atoms with Crippen LogP contribution in [0, 0.1) is 46.8 Å². The first-order valence-electron chi connectivity index (χ1n) is 15.0. The van der Waals surface area contributed by atoms with Crippen LogP contribution in [0.1, 0.15) is 27.9 Å². The Hall–Kier alpha value is -4.83. The smallest absolute Gasteiger partial charge is 0.0373 e. The van der Waals surface area contributed by atoms with Crippen molar-refractivity contribution < 1.29 is 20.1 Å². The fourth-order valence-corrected chi connectivity index (χ4v) is 5.64. The first-order valence-corrected chi connectivity index (χ1v) is 15.0. The molecule has 0 bridgehead atoms. The van der Waals surface area contributed by atoms with Crippen molar-refractivity contribution in [1.29, 1.82) is 0 Å². The molecule has 0 fully saturated rings. The number of hydrogen-bond donors (Lipinski definition) is 0. The summed E-state index contributed by atoms with van der Waals surface area (Å²) in [7, 11) is 0. The number of pyridine rings is 4. The summed E-state index contributed by atoms with van der Waals surface area (Å²) in [6.07, 6.45) is 9.49. The second kappa shape index (κ2) is 14.5. The molecule has 0 amide bonds. The zero-order valence-electron chi connectivity index (χ0n) is 26.6. The second-order valence-corrected chi connectivity index (χ2v) is 11.3. The van der Waals surface area contributed by atoms with E-state index in [0.717, 1.165) is 44.7 Å². The van der Waals surface area contributed by atoms with Crippen molar-refractivity contribution in [3.05, 3.63) is 156 Å². The third-order valence-electron chi connectivity index (χ3n) is 8.05. The number of aromatic nitrogens is 4. The fourth-order valence-electron chi connectivity index (χ4n) is 5.64. The van der Waals surface area contributed by atoms with Gasteiger partial charge < -0.3 is 9.97 Å². The third-order valence-corrected chi connectivity index (χ3v) is 8.05. The summed E-state index contributed by atoms with van der Waals surface area (Å²) in [5, 5.41) is 2.33. The van der Waals surface area contributed by atoms with Crippen LogP contribution in [0.2, 0.25) is 0 Å². The molecule has 4 aromatic heterocycles. The molecule has 0 saturated heterocycles. The minimum Gasteiger partial charge on any atom is -0.305 e. The summed E-state index contributed by atoms with van der Waals surface area (Å²) in [5.74, 6) is 0. The van der Waals surface area contributed by atoms with Gasteiger partial charge in [0.05, 0.1) is 0 Å². The molecule has 4 heterocycles. The van der Waals surface area contributed by atoms with E-state index in [-0.39, 0.29) is 20.1 Å². The fraction of sp³-hybridized carbons (Fsp3) is 0.122. The molecule has 5 heteroatoms. The van der Waals surface area contributed by atoms with Crippen LogP contribution < -0.4 is 0 Å². The van der Waals surface area contributed by atoms with Gasteiger partial charge in [0.15, 0.2) is 0 Å².